The molecule has 1 N–H and O–H groups in total. The summed E-state index contributed by atoms with van der Waals surface area (Å²) < 4.78 is 0. The normalized spacial score (nSPS) is 22.6. The van der Waals surface area contributed by atoms with Crippen molar-refractivity contribution in [1.82, 2.24) is 4.90 Å². The van der Waals surface area contributed by atoms with E-state index in [-0.39, 0.29) is 6.61 Å². The van der Waals surface area contributed by atoms with E-state index in [0.717, 1.165) is 50.9 Å². The fraction of sp³-hybridized carbons (Fsp3) is 0.667. The quantitative estimate of drug-likeness (QED) is 0.827. The minimum absolute atomic E-state index is 0.188. The molecule has 3 heteroatoms. The lowest BCUT2D eigenvalue weighted by atomic mass is 9.92. The highest BCUT2D eigenvalue weighted by Gasteiger charge is 2.22. The molecule has 0 unspecified atom stereocenters. The number of ketones is 1. The van der Waals surface area contributed by atoms with Gasteiger partial charge in [-0.25, -0.2) is 0 Å². The number of carbonyl (C=O) groups excluding carboxylic acids is 1. The summed E-state index contributed by atoms with van der Waals surface area (Å²) in [6, 6.07) is 0. The fourth-order valence-electron chi connectivity index (χ4n) is 2.77. The van der Waals surface area contributed by atoms with Crippen LogP contribution in [0.25, 0.3) is 0 Å². The zero-order valence-electron chi connectivity index (χ0n) is 11.2. The van der Waals surface area contributed by atoms with Crippen LogP contribution in [0.4, 0.5) is 0 Å². The number of likely N-dealkylation sites (tertiary alicyclic amines) is 1. The molecule has 3 nitrogen and oxygen atoms in total. The number of carbonyl (C=O) groups is 1. The Balaban J connectivity index is 1.80. The zero-order valence-corrected chi connectivity index (χ0v) is 11.2. The molecule has 100 valence electrons. The van der Waals surface area contributed by atoms with Gasteiger partial charge in [0.05, 0.1) is 6.61 Å². The number of piperidine rings is 1. The van der Waals surface area contributed by atoms with Crippen molar-refractivity contribution in [2.45, 2.75) is 32.6 Å². The Kier molecular flexibility index (Phi) is 4.72. The van der Waals surface area contributed by atoms with Crippen LogP contribution in [-0.2, 0) is 4.79 Å². The summed E-state index contributed by atoms with van der Waals surface area (Å²) in [6.45, 7) is 5.01. The number of allylic oxidation sites excluding steroid dienone is 2. The van der Waals surface area contributed by atoms with Gasteiger partial charge in [0, 0.05) is 12.5 Å². The second-order valence-electron chi connectivity index (χ2n) is 5.47. The summed E-state index contributed by atoms with van der Waals surface area (Å²) in [5.74, 6) is 0.643. The predicted molar refractivity (Wildman–Crippen MR) is 72.3 cm³/mol. The first-order valence-electron chi connectivity index (χ1n) is 6.90. The van der Waals surface area contributed by atoms with Crippen LogP contribution in [0.2, 0.25) is 0 Å². The summed E-state index contributed by atoms with van der Waals surface area (Å²) >= 11 is 0. The second kappa shape index (κ2) is 6.30. The first-order chi connectivity index (χ1) is 8.69. The summed E-state index contributed by atoms with van der Waals surface area (Å²) in [6.07, 6.45) is 8.30. The number of Topliss-reactive ketones (excluding diaryl/α,β-unsaturated/α-hetero) is 1. The number of nitrogens with zero attached hydrogens (tertiary/aromatic N) is 1. The van der Waals surface area contributed by atoms with E-state index in [4.69, 9.17) is 5.11 Å². The van der Waals surface area contributed by atoms with E-state index in [0.29, 0.717) is 11.7 Å². The lowest BCUT2D eigenvalue weighted by Crippen LogP contribution is -2.37. The van der Waals surface area contributed by atoms with Gasteiger partial charge in [0.1, 0.15) is 5.78 Å². The Hall–Kier alpha value is -0.930. The van der Waals surface area contributed by atoms with Gasteiger partial charge in [0.2, 0.25) is 0 Å². The fourth-order valence-corrected chi connectivity index (χ4v) is 2.77. The Morgan fingerprint density at radius 3 is 2.39 bits per heavy atom. The van der Waals surface area contributed by atoms with Crippen LogP contribution in [0, 0.1) is 5.92 Å². The van der Waals surface area contributed by atoms with Crippen molar-refractivity contribution >= 4 is 5.78 Å². The number of rotatable bonds is 4. The summed E-state index contributed by atoms with van der Waals surface area (Å²) in [7, 11) is 0. The van der Waals surface area contributed by atoms with E-state index in [1.54, 1.807) is 6.92 Å². The minimum Gasteiger partial charge on any atom is -0.392 e. The lowest BCUT2D eigenvalue weighted by Gasteiger charge is -2.31. The molecular formula is C15H23NO2. The van der Waals surface area contributed by atoms with Crippen molar-refractivity contribution in [2.75, 3.05) is 26.2 Å². The second-order valence-corrected chi connectivity index (χ2v) is 5.47. The molecule has 1 aliphatic heterocycles. The first kappa shape index (κ1) is 13.5. The molecule has 0 radical (unpaired) electrons. The highest BCUT2D eigenvalue weighted by molar-refractivity contribution is 5.78. The monoisotopic (exact) mass is 249 g/mol. The molecule has 1 saturated heterocycles. The van der Waals surface area contributed by atoms with Crippen molar-refractivity contribution < 1.29 is 9.90 Å². The molecule has 0 aromatic heterocycles. The Morgan fingerprint density at radius 1 is 1.28 bits per heavy atom. The maximum atomic E-state index is 11.3. The molecule has 0 spiro atoms. The molecule has 18 heavy (non-hydrogen) atoms. The van der Waals surface area contributed by atoms with Crippen LogP contribution in [-0.4, -0.2) is 42.0 Å². The molecule has 0 bridgehead atoms. The third-order valence-corrected chi connectivity index (χ3v) is 4.11. The molecule has 1 heterocycles. The van der Waals surface area contributed by atoms with Gasteiger partial charge in [-0.3, -0.25) is 9.69 Å². The smallest absolute Gasteiger partial charge is 0.133 e. The van der Waals surface area contributed by atoms with Crippen LogP contribution in [0.5, 0.6) is 0 Å². The zero-order chi connectivity index (χ0) is 13.0. The number of aliphatic hydroxyl groups is 1. The van der Waals surface area contributed by atoms with Crippen LogP contribution >= 0.6 is 0 Å². The number of hydrogen-bond donors (Lipinski definition) is 1. The molecular weight excluding hydrogens is 226 g/mol. The maximum absolute atomic E-state index is 11.3. The summed E-state index contributed by atoms with van der Waals surface area (Å²) in [5, 5.41) is 9.04. The van der Waals surface area contributed by atoms with Crippen molar-refractivity contribution in [3.8, 4) is 0 Å². The van der Waals surface area contributed by atoms with Crippen LogP contribution < -0.4 is 0 Å². The van der Waals surface area contributed by atoms with E-state index in [9.17, 15) is 4.79 Å². The standard InChI is InChI=1S/C15H23NO2/c1-12(18)15-6-8-16(9-7-15)10-13-2-4-14(11-17)5-3-13/h2,4,15,17H,3,5-11H2,1H3. The topological polar surface area (TPSA) is 40.5 Å². The third-order valence-electron chi connectivity index (χ3n) is 4.11. The highest BCUT2D eigenvalue weighted by Crippen LogP contribution is 2.22. The Morgan fingerprint density at radius 2 is 1.89 bits per heavy atom. The Labute approximate surface area is 109 Å². The van der Waals surface area contributed by atoms with E-state index in [1.165, 1.54) is 5.57 Å². The third kappa shape index (κ3) is 3.53. The summed E-state index contributed by atoms with van der Waals surface area (Å²) in [5.41, 5.74) is 2.59. The van der Waals surface area contributed by atoms with Gasteiger partial charge in [-0.15, -0.1) is 0 Å². The molecule has 0 aromatic rings. The number of aliphatic hydroxyl groups excluding tert-OH is 1. The molecule has 1 fully saturated rings. The molecule has 0 aromatic carbocycles. The van der Waals surface area contributed by atoms with Gasteiger partial charge < -0.3 is 5.11 Å². The van der Waals surface area contributed by atoms with E-state index >= 15 is 0 Å². The van der Waals surface area contributed by atoms with Gasteiger partial charge in [-0.1, -0.05) is 17.7 Å². The van der Waals surface area contributed by atoms with Crippen LogP contribution in [0.3, 0.4) is 0 Å². The molecule has 0 saturated carbocycles. The van der Waals surface area contributed by atoms with Crippen molar-refractivity contribution in [3.05, 3.63) is 23.3 Å². The van der Waals surface area contributed by atoms with Crippen molar-refractivity contribution in [2.24, 2.45) is 5.92 Å². The average molecular weight is 249 g/mol. The van der Waals surface area contributed by atoms with Crippen molar-refractivity contribution in [3.63, 3.8) is 0 Å². The van der Waals surface area contributed by atoms with Crippen LogP contribution in [0.1, 0.15) is 32.6 Å². The van der Waals surface area contributed by atoms with E-state index < -0.39 is 0 Å². The lowest BCUT2D eigenvalue weighted by molar-refractivity contribution is -0.122. The molecule has 0 amide bonds. The van der Waals surface area contributed by atoms with Crippen molar-refractivity contribution in [1.29, 1.82) is 0 Å². The Bertz CT molecular complexity index is 363. The minimum atomic E-state index is 0.188. The van der Waals surface area contributed by atoms with Gasteiger partial charge in [0.25, 0.3) is 0 Å². The largest absolute Gasteiger partial charge is 0.392 e. The predicted octanol–water partition coefficient (Wildman–Crippen LogP) is 1.93. The van der Waals surface area contributed by atoms with Gasteiger partial charge in [0.15, 0.2) is 0 Å². The molecule has 2 aliphatic rings. The van der Waals surface area contributed by atoms with Gasteiger partial charge >= 0.3 is 0 Å². The van der Waals surface area contributed by atoms with E-state index in [2.05, 4.69) is 17.1 Å². The maximum Gasteiger partial charge on any atom is 0.133 e. The van der Waals surface area contributed by atoms with Crippen LogP contribution in [0.15, 0.2) is 23.3 Å². The molecule has 0 atom stereocenters. The molecule has 2 rings (SSSR count). The summed E-state index contributed by atoms with van der Waals surface area (Å²) in [4.78, 5) is 13.8. The van der Waals surface area contributed by atoms with Gasteiger partial charge in [-0.05, 0) is 51.3 Å². The molecule has 1 aliphatic carbocycles. The number of hydrogen-bond acceptors (Lipinski definition) is 3. The highest BCUT2D eigenvalue weighted by atomic mass is 16.3. The van der Waals surface area contributed by atoms with E-state index in [1.807, 2.05) is 0 Å². The van der Waals surface area contributed by atoms with Gasteiger partial charge in [-0.2, -0.15) is 0 Å². The first-order valence-corrected chi connectivity index (χ1v) is 6.90. The average Bonchev–Trinajstić information content (AvgIpc) is 2.40. The SMILES string of the molecule is CC(=O)C1CCN(CC2=CC=C(CO)CC2)CC1.